The van der Waals surface area contributed by atoms with Crippen LogP contribution in [0.25, 0.3) is 0 Å². The lowest BCUT2D eigenvalue weighted by atomic mass is 10.1. The first kappa shape index (κ1) is 17.9. The third-order valence-electron chi connectivity index (χ3n) is 4.90. The average molecular weight is 345 g/mol. The molecule has 1 N–H and O–H groups in total. The largest absolute Gasteiger partial charge is 0.379 e. The van der Waals surface area contributed by atoms with E-state index in [1.807, 2.05) is 31.2 Å². The maximum absolute atomic E-state index is 12.7. The van der Waals surface area contributed by atoms with E-state index in [1.165, 1.54) is 0 Å². The van der Waals surface area contributed by atoms with Crippen LogP contribution in [0.2, 0.25) is 0 Å². The zero-order chi connectivity index (χ0) is 17.6. The number of benzene rings is 1. The Balaban J connectivity index is 1.53. The molecular formula is C19H27N3O3. The van der Waals surface area contributed by atoms with Crippen LogP contribution in [0.4, 0.5) is 5.69 Å². The predicted octanol–water partition coefficient (Wildman–Crippen LogP) is 1.19. The van der Waals surface area contributed by atoms with Crippen LogP contribution in [0.3, 0.4) is 0 Å². The van der Waals surface area contributed by atoms with Crippen LogP contribution in [0.5, 0.6) is 0 Å². The number of fused-ring (bicyclic) bond motifs is 1. The van der Waals surface area contributed by atoms with Gasteiger partial charge in [-0.25, -0.2) is 0 Å². The number of para-hydroxylation sites is 1. The molecule has 0 spiro atoms. The van der Waals surface area contributed by atoms with Crippen molar-refractivity contribution in [1.82, 2.24) is 10.2 Å². The van der Waals surface area contributed by atoms with Gasteiger partial charge in [-0.1, -0.05) is 25.1 Å². The zero-order valence-electron chi connectivity index (χ0n) is 14.9. The summed E-state index contributed by atoms with van der Waals surface area (Å²) >= 11 is 0. The number of nitrogens with one attached hydrogen (secondary N) is 1. The average Bonchev–Trinajstić information content (AvgIpc) is 3.05. The highest BCUT2D eigenvalue weighted by Gasteiger charge is 2.37. The Morgan fingerprint density at radius 3 is 2.76 bits per heavy atom. The number of hydrogen-bond acceptors (Lipinski definition) is 4. The summed E-state index contributed by atoms with van der Waals surface area (Å²) in [6, 6.07) is 7.37. The first-order valence-corrected chi connectivity index (χ1v) is 9.18. The highest BCUT2D eigenvalue weighted by molar-refractivity contribution is 6.03. The molecular weight excluding hydrogens is 318 g/mol. The molecule has 25 heavy (non-hydrogen) atoms. The van der Waals surface area contributed by atoms with E-state index in [4.69, 9.17) is 4.74 Å². The van der Waals surface area contributed by atoms with Gasteiger partial charge in [-0.05, 0) is 24.6 Å². The molecule has 0 bridgehead atoms. The molecule has 2 aliphatic rings. The second kappa shape index (κ2) is 8.45. The summed E-state index contributed by atoms with van der Waals surface area (Å²) in [7, 11) is 0. The molecule has 6 nitrogen and oxygen atoms in total. The van der Waals surface area contributed by atoms with Gasteiger partial charge in [0.15, 0.2) is 0 Å². The van der Waals surface area contributed by atoms with Crippen molar-refractivity contribution in [1.29, 1.82) is 0 Å². The van der Waals surface area contributed by atoms with E-state index in [2.05, 4.69) is 10.2 Å². The molecule has 1 aromatic rings. The van der Waals surface area contributed by atoms with Gasteiger partial charge in [0, 0.05) is 38.2 Å². The van der Waals surface area contributed by atoms with E-state index < -0.39 is 6.04 Å². The molecule has 0 aliphatic carbocycles. The third kappa shape index (κ3) is 4.19. The van der Waals surface area contributed by atoms with Gasteiger partial charge in [0.05, 0.1) is 13.2 Å². The van der Waals surface area contributed by atoms with E-state index in [0.29, 0.717) is 19.4 Å². The number of hydrogen-bond donors (Lipinski definition) is 1. The van der Waals surface area contributed by atoms with Crippen molar-refractivity contribution in [3.63, 3.8) is 0 Å². The molecule has 2 aliphatic heterocycles. The first-order chi connectivity index (χ1) is 12.2. The van der Waals surface area contributed by atoms with Gasteiger partial charge in [0.25, 0.3) is 0 Å². The molecule has 1 aromatic carbocycles. The lowest BCUT2D eigenvalue weighted by Crippen LogP contribution is -2.48. The molecule has 136 valence electrons. The van der Waals surface area contributed by atoms with Crippen LogP contribution >= 0.6 is 0 Å². The summed E-state index contributed by atoms with van der Waals surface area (Å²) in [5.41, 5.74) is 1.94. The number of carbonyl (C=O) groups is 2. The summed E-state index contributed by atoms with van der Waals surface area (Å²) in [6.45, 7) is 6.95. The fraction of sp³-hybridized carbons (Fsp3) is 0.579. The monoisotopic (exact) mass is 345 g/mol. The Morgan fingerprint density at radius 1 is 1.24 bits per heavy atom. The van der Waals surface area contributed by atoms with Gasteiger partial charge in [-0.3, -0.25) is 19.4 Å². The SMILES string of the molecule is CCC(=O)N1c2ccccc2C[C@H]1C(=O)NCCCN1CCOCC1. The summed E-state index contributed by atoms with van der Waals surface area (Å²) in [4.78, 5) is 29.0. The molecule has 0 radical (unpaired) electrons. The van der Waals surface area contributed by atoms with Gasteiger partial charge >= 0.3 is 0 Å². The molecule has 0 aromatic heterocycles. The molecule has 6 heteroatoms. The standard InChI is InChI=1S/C19H27N3O3/c1-2-18(23)22-16-7-4-3-6-15(16)14-17(22)19(24)20-8-5-9-21-10-12-25-13-11-21/h3-4,6-7,17H,2,5,8-14H2,1H3,(H,20,24)/t17-/m0/s1. The minimum atomic E-state index is -0.423. The molecule has 2 heterocycles. The first-order valence-electron chi connectivity index (χ1n) is 9.18. The van der Waals surface area contributed by atoms with Crippen molar-refractivity contribution in [3.05, 3.63) is 29.8 Å². The maximum atomic E-state index is 12.7. The van der Waals surface area contributed by atoms with E-state index in [-0.39, 0.29) is 11.8 Å². The summed E-state index contributed by atoms with van der Waals surface area (Å²) in [5.74, 6) is -0.0570. The minimum Gasteiger partial charge on any atom is -0.379 e. The smallest absolute Gasteiger partial charge is 0.243 e. The Labute approximate surface area is 149 Å². The van der Waals surface area contributed by atoms with Crippen LogP contribution in [0.15, 0.2) is 24.3 Å². The zero-order valence-corrected chi connectivity index (χ0v) is 14.9. The number of carbonyl (C=O) groups excluding carboxylic acids is 2. The maximum Gasteiger partial charge on any atom is 0.243 e. The van der Waals surface area contributed by atoms with Gasteiger partial charge < -0.3 is 10.1 Å². The number of anilines is 1. The number of ether oxygens (including phenoxy) is 1. The fourth-order valence-corrected chi connectivity index (χ4v) is 3.53. The van der Waals surface area contributed by atoms with Crippen molar-refractivity contribution < 1.29 is 14.3 Å². The topological polar surface area (TPSA) is 61.9 Å². The van der Waals surface area contributed by atoms with Crippen LogP contribution < -0.4 is 10.2 Å². The molecule has 1 saturated heterocycles. The molecule has 0 saturated carbocycles. The van der Waals surface area contributed by atoms with Crippen molar-refractivity contribution >= 4 is 17.5 Å². The van der Waals surface area contributed by atoms with Gasteiger partial charge in [0.2, 0.25) is 11.8 Å². The quantitative estimate of drug-likeness (QED) is 0.787. The van der Waals surface area contributed by atoms with Crippen molar-refractivity contribution in [2.24, 2.45) is 0 Å². The Hall–Kier alpha value is -1.92. The van der Waals surface area contributed by atoms with Crippen LogP contribution in [-0.2, 0) is 20.7 Å². The molecule has 0 unspecified atom stereocenters. The van der Waals surface area contributed by atoms with Crippen molar-refractivity contribution in [2.75, 3.05) is 44.3 Å². The number of rotatable bonds is 6. The van der Waals surface area contributed by atoms with Crippen LogP contribution in [0.1, 0.15) is 25.3 Å². The summed E-state index contributed by atoms with van der Waals surface area (Å²) in [6.07, 6.45) is 1.90. The normalized spacial score (nSPS) is 20.4. The van der Waals surface area contributed by atoms with Gasteiger partial charge in [-0.2, -0.15) is 0 Å². The van der Waals surface area contributed by atoms with Crippen LogP contribution in [0, 0.1) is 0 Å². The molecule has 1 fully saturated rings. The molecule has 2 amide bonds. The van der Waals surface area contributed by atoms with Gasteiger partial charge in [0.1, 0.15) is 6.04 Å². The Morgan fingerprint density at radius 2 is 2.00 bits per heavy atom. The molecule has 1 atom stereocenters. The van der Waals surface area contributed by atoms with Crippen LogP contribution in [-0.4, -0.2) is 62.1 Å². The number of amides is 2. The van der Waals surface area contributed by atoms with Crippen molar-refractivity contribution in [2.45, 2.75) is 32.2 Å². The van der Waals surface area contributed by atoms with E-state index in [9.17, 15) is 9.59 Å². The molecule has 3 rings (SSSR count). The second-order valence-electron chi connectivity index (χ2n) is 6.56. The fourth-order valence-electron chi connectivity index (χ4n) is 3.53. The van der Waals surface area contributed by atoms with Crippen molar-refractivity contribution in [3.8, 4) is 0 Å². The van der Waals surface area contributed by atoms with E-state index >= 15 is 0 Å². The number of morpholine rings is 1. The predicted molar refractivity (Wildman–Crippen MR) is 96.6 cm³/mol. The van der Waals surface area contributed by atoms with E-state index in [0.717, 1.165) is 50.5 Å². The van der Waals surface area contributed by atoms with E-state index in [1.54, 1.807) is 4.90 Å². The lowest BCUT2D eigenvalue weighted by Gasteiger charge is -2.27. The Bertz CT molecular complexity index is 614. The minimum absolute atomic E-state index is 0.00147. The summed E-state index contributed by atoms with van der Waals surface area (Å²) in [5, 5.41) is 3.02. The Kier molecular flexibility index (Phi) is 6.04. The number of nitrogens with zero attached hydrogens (tertiary/aromatic N) is 2. The third-order valence-corrected chi connectivity index (χ3v) is 4.90. The van der Waals surface area contributed by atoms with Gasteiger partial charge in [-0.15, -0.1) is 0 Å². The highest BCUT2D eigenvalue weighted by atomic mass is 16.5. The second-order valence-corrected chi connectivity index (χ2v) is 6.56. The summed E-state index contributed by atoms with van der Waals surface area (Å²) < 4.78 is 5.34. The lowest BCUT2D eigenvalue weighted by molar-refractivity contribution is -0.126. The highest BCUT2D eigenvalue weighted by Crippen LogP contribution is 2.32.